The molecule has 0 spiro atoms. The molecule has 6 nitrogen and oxygen atoms in total. The van der Waals surface area contributed by atoms with Crippen LogP contribution in [-0.2, 0) is 28.6 Å². The second kappa shape index (κ2) is 53.9. The van der Waals surface area contributed by atoms with E-state index in [9.17, 15) is 14.4 Å². The maximum atomic E-state index is 12.8. The Labute approximate surface area is 410 Å². The standard InChI is InChI=1S/C61H94O6/c1-4-7-10-13-16-19-22-25-27-29-30-32-33-36-39-42-45-48-51-54-60(63)66-57-58(56-65-59(62)53-50-47-44-41-38-35-24-21-18-15-12-9-6-3)67-61(64)55-52-49-46-43-40-37-34-31-28-26-23-20-17-14-11-8-5-2/h7-12,16-21,25-28,30,32,35-36,38-39,45,48,58H,4-6,13-15,22-24,29,31,33-34,37,40-44,46-47,49-57H2,1-3H3/b10-7-,11-8-,12-9-,19-16-,20-17-,21-18-,27-25-,28-26-,32-30-,38-35-,39-36-,48-45-. The van der Waals surface area contributed by atoms with Crippen molar-refractivity contribution in [2.75, 3.05) is 13.2 Å². The minimum atomic E-state index is -0.832. The van der Waals surface area contributed by atoms with Crippen LogP contribution in [0, 0.1) is 0 Å². The Morgan fingerprint density at radius 2 is 0.567 bits per heavy atom. The van der Waals surface area contributed by atoms with Crippen LogP contribution in [0.1, 0.15) is 201 Å². The van der Waals surface area contributed by atoms with Gasteiger partial charge in [0.2, 0.25) is 0 Å². The molecule has 1 atom stereocenters. The molecule has 0 aliphatic heterocycles. The monoisotopic (exact) mass is 923 g/mol. The predicted molar refractivity (Wildman–Crippen MR) is 288 cm³/mol. The number of unbranched alkanes of at least 4 members (excludes halogenated alkanes) is 10. The van der Waals surface area contributed by atoms with E-state index >= 15 is 0 Å². The lowest BCUT2D eigenvalue weighted by Gasteiger charge is -2.18. The van der Waals surface area contributed by atoms with Gasteiger partial charge in [-0.3, -0.25) is 14.4 Å². The van der Waals surface area contributed by atoms with Crippen LogP contribution in [0.15, 0.2) is 146 Å². The van der Waals surface area contributed by atoms with Crippen LogP contribution >= 0.6 is 0 Å². The zero-order valence-corrected chi connectivity index (χ0v) is 42.6. The first-order chi connectivity index (χ1) is 33.0. The van der Waals surface area contributed by atoms with E-state index in [1.807, 2.05) is 12.2 Å². The Hall–Kier alpha value is -4.71. The van der Waals surface area contributed by atoms with Crippen molar-refractivity contribution in [2.45, 2.75) is 207 Å². The number of hydrogen-bond donors (Lipinski definition) is 0. The van der Waals surface area contributed by atoms with Crippen molar-refractivity contribution in [1.82, 2.24) is 0 Å². The van der Waals surface area contributed by atoms with Crippen LogP contribution in [0.4, 0.5) is 0 Å². The van der Waals surface area contributed by atoms with Gasteiger partial charge in [0.05, 0.1) is 0 Å². The Balaban J connectivity index is 4.58. The topological polar surface area (TPSA) is 78.9 Å². The summed E-state index contributed by atoms with van der Waals surface area (Å²) in [5, 5.41) is 0. The predicted octanol–water partition coefficient (Wildman–Crippen LogP) is 17.6. The summed E-state index contributed by atoms with van der Waals surface area (Å²) in [4.78, 5) is 38.0. The molecule has 0 N–H and O–H groups in total. The van der Waals surface area contributed by atoms with Gasteiger partial charge in [0.25, 0.3) is 0 Å². The number of ether oxygens (including phenoxy) is 3. The van der Waals surface area contributed by atoms with Gasteiger partial charge in [0.15, 0.2) is 6.10 Å². The summed E-state index contributed by atoms with van der Waals surface area (Å²) in [6.07, 6.45) is 77.0. The molecule has 6 heteroatoms. The maximum Gasteiger partial charge on any atom is 0.306 e. The first-order valence-electron chi connectivity index (χ1n) is 26.3. The summed E-state index contributed by atoms with van der Waals surface area (Å²) >= 11 is 0. The minimum absolute atomic E-state index is 0.127. The molecule has 0 aliphatic carbocycles. The molecule has 0 bridgehead atoms. The Bertz CT molecular complexity index is 1530. The average Bonchev–Trinajstić information content (AvgIpc) is 3.33. The van der Waals surface area contributed by atoms with E-state index in [1.54, 1.807) is 0 Å². The van der Waals surface area contributed by atoms with Gasteiger partial charge in [0.1, 0.15) is 13.2 Å². The molecule has 0 radical (unpaired) electrons. The fraction of sp³-hybridized carbons (Fsp3) is 0.557. The number of carbonyl (C=O) groups excluding carboxylic acids is 3. The van der Waals surface area contributed by atoms with Gasteiger partial charge in [-0.25, -0.2) is 0 Å². The summed E-state index contributed by atoms with van der Waals surface area (Å²) < 4.78 is 16.7. The SMILES string of the molecule is CC/C=C\C/C=C\C/C=C\C/C=C\C/C=C\C/C=C\CCC(=O)OCC(COC(=O)CCCCC/C=C\C/C=C\C/C=C\CC)OC(=O)CCCCCCCCC/C=C\C/C=C\C/C=C\CC. The number of esters is 3. The number of rotatable bonds is 45. The van der Waals surface area contributed by atoms with E-state index in [1.165, 1.54) is 19.3 Å². The average molecular weight is 923 g/mol. The summed E-state index contributed by atoms with van der Waals surface area (Å²) in [6, 6.07) is 0. The van der Waals surface area contributed by atoms with E-state index in [0.29, 0.717) is 12.8 Å². The Morgan fingerprint density at radius 3 is 0.940 bits per heavy atom. The van der Waals surface area contributed by atoms with Gasteiger partial charge < -0.3 is 14.2 Å². The van der Waals surface area contributed by atoms with Gasteiger partial charge in [0, 0.05) is 19.3 Å². The number of allylic oxidation sites excluding steroid dienone is 24. The number of hydrogen-bond acceptors (Lipinski definition) is 6. The molecule has 0 fully saturated rings. The third-order valence-electron chi connectivity index (χ3n) is 10.3. The van der Waals surface area contributed by atoms with Crippen LogP contribution in [0.5, 0.6) is 0 Å². The van der Waals surface area contributed by atoms with Gasteiger partial charge >= 0.3 is 17.9 Å². The van der Waals surface area contributed by atoms with Crippen LogP contribution in [0.2, 0.25) is 0 Å². The molecule has 0 saturated carbocycles. The molecule has 0 aromatic carbocycles. The normalized spacial score (nSPS) is 13.3. The highest BCUT2D eigenvalue weighted by molar-refractivity contribution is 5.71. The highest BCUT2D eigenvalue weighted by Crippen LogP contribution is 2.12. The third kappa shape index (κ3) is 52.1. The van der Waals surface area contributed by atoms with Crippen molar-refractivity contribution in [2.24, 2.45) is 0 Å². The number of carbonyl (C=O) groups is 3. The molecule has 0 amide bonds. The van der Waals surface area contributed by atoms with Crippen LogP contribution < -0.4 is 0 Å². The van der Waals surface area contributed by atoms with Gasteiger partial charge in [-0.2, -0.15) is 0 Å². The fourth-order valence-corrected chi connectivity index (χ4v) is 6.49. The van der Waals surface area contributed by atoms with E-state index in [0.717, 1.165) is 135 Å². The first kappa shape index (κ1) is 62.3. The third-order valence-corrected chi connectivity index (χ3v) is 10.3. The van der Waals surface area contributed by atoms with Gasteiger partial charge in [-0.1, -0.05) is 205 Å². The lowest BCUT2D eigenvalue weighted by molar-refractivity contribution is -0.166. The molecule has 374 valence electrons. The molecular formula is C61H94O6. The molecule has 0 saturated heterocycles. The zero-order valence-electron chi connectivity index (χ0n) is 42.6. The van der Waals surface area contributed by atoms with Gasteiger partial charge in [-0.15, -0.1) is 0 Å². The zero-order chi connectivity index (χ0) is 48.6. The van der Waals surface area contributed by atoms with E-state index in [4.69, 9.17) is 14.2 Å². The second-order valence-electron chi connectivity index (χ2n) is 16.6. The maximum absolute atomic E-state index is 12.8. The van der Waals surface area contributed by atoms with Crippen LogP contribution in [0.3, 0.4) is 0 Å². The molecule has 0 aromatic heterocycles. The molecular weight excluding hydrogens is 829 g/mol. The largest absolute Gasteiger partial charge is 0.462 e. The second-order valence-corrected chi connectivity index (χ2v) is 16.6. The van der Waals surface area contributed by atoms with Crippen molar-refractivity contribution >= 4 is 17.9 Å². The molecule has 0 aromatic rings. The molecule has 1 unspecified atom stereocenters. The fourth-order valence-electron chi connectivity index (χ4n) is 6.49. The minimum Gasteiger partial charge on any atom is -0.462 e. The molecule has 67 heavy (non-hydrogen) atoms. The molecule has 0 heterocycles. The summed E-state index contributed by atoms with van der Waals surface area (Å²) in [7, 11) is 0. The quantitative estimate of drug-likeness (QED) is 0.0262. The van der Waals surface area contributed by atoms with Crippen LogP contribution in [-0.4, -0.2) is 37.2 Å². The highest BCUT2D eigenvalue weighted by Gasteiger charge is 2.19. The van der Waals surface area contributed by atoms with Crippen molar-refractivity contribution in [1.29, 1.82) is 0 Å². The van der Waals surface area contributed by atoms with E-state index in [-0.39, 0.29) is 44.0 Å². The van der Waals surface area contributed by atoms with Crippen molar-refractivity contribution in [3.63, 3.8) is 0 Å². The Morgan fingerprint density at radius 1 is 0.299 bits per heavy atom. The summed E-state index contributed by atoms with van der Waals surface area (Å²) in [6.45, 7) is 6.18. The lowest BCUT2D eigenvalue weighted by Crippen LogP contribution is -2.30. The van der Waals surface area contributed by atoms with E-state index < -0.39 is 6.10 Å². The highest BCUT2D eigenvalue weighted by atomic mass is 16.6. The molecule has 0 aliphatic rings. The van der Waals surface area contributed by atoms with E-state index in [2.05, 4.69) is 154 Å². The van der Waals surface area contributed by atoms with Crippen molar-refractivity contribution in [3.05, 3.63) is 146 Å². The van der Waals surface area contributed by atoms with Gasteiger partial charge in [-0.05, 0) is 122 Å². The smallest absolute Gasteiger partial charge is 0.306 e. The summed E-state index contributed by atoms with van der Waals surface area (Å²) in [5.41, 5.74) is 0. The lowest BCUT2D eigenvalue weighted by atomic mass is 10.1. The Kier molecular flexibility index (Phi) is 50.1. The first-order valence-corrected chi connectivity index (χ1v) is 26.3. The van der Waals surface area contributed by atoms with Crippen molar-refractivity contribution in [3.8, 4) is 0 Å². The summed E-state index contributed by atoms with van der Waals surface area (Å²) in [5.74, 6) is -1.06. The van der Waals surface area contributed by atoms with Crippen LogP contribution in [0.25, 0.3) is 0 Å². The van der Waals surface area contributed by atoms with Crippen molar-refractivity contribution < 1.29 is 28.6 Å². The molecule has 0 rings (SSSR count).